The van der Waals surface area contributed by atoms with Crippen molar-refractivity contribution in [2.45, 2.75) is 6.92 Å². The number of nitrogens with zero attached hydrogens (tertiary/aromatic N) is 1. The summed E-state index contributed by atoms with van der Waals surface area (Å²) < 4.78 is 0. The molecule has 15 heavy (non-hydrogen) atoms. The maximum absolute atomic E-state index is 7.57. The van der Waals surface area contributed by atoms with Crippen molar-refractivity contribution in [2.24, 2.45) is 0 Å². The first-order valence-electron chi connectivity index (χ1n) is 4.84. The summed E-state index contributed by atoms with van der Waals surface area (Å²) in [5, 5.41) is 7.57. The van der Waals surface area contributed by atoms with Gasteiger partial charge in [0.1, 0.15) is 0 Å². The van der Waals surface area contributed by atoms with Crippen molar-refractivity contribution in [3.8, 4) is 11.3 Å². The average molecular weight is 196 g/mol. The molecule has 2 aromatic rings. The monoisotopic (exact) mass is 196 g/mol. The lowest BCUT2D eigenvalue weighted by Crippen LogP contribution is -1.92. The van der Waals surface area contributed by atoms with Crippen molar-refractivity contribution in [3.05, 3.63) is 54.2 Å². The lowest BCUT2D eigenvalue weighted by atomic mass is 10.1. The van der Waals surface area contributed by atoms with Crippen LogP contribution in [-0.4, -0.2) is 10.7 Å². The van der Waals surface area contributed by atoms with Crippen molar-refractivity contribution >= 4 is 5.71 Å². The van der Waals surface area contributed by atoms with Crippen LogP contribution in [-0.2, 0) is 0 Å². The van der Waals surface area contributed by atoms with Crippen LogP contribution in [0.15, 0.2) is 48.7 Å². The number of rotatable bonds is 2. The van der Waals surface area contributed by atoms with Gasteiger partial charge < -0.3 is 5.41 Å². The Hall–Kier alpha value is -1.96. The third-order valence-corrected chi connectivity index (χ3v) is 2.26. The van der Waals surface area contributed by atoms with Gasteiger partial charge in [0.2, 0.25) is 0 Å². The molecular weight excluding hydrogens is 184 g/mol. The van der Waals surface area contributed by atoms with Gasteiger partial charge in [-0.1, -0.05) is 24.3 Å². The summed E-state index contributed by atoms with van der Waals surface area (Å²) in [6.07, 6.45) is 1.78. The maximum atomic E-state index is 7.57. The molecule has 2 rings (SSSR count). The molecule has 1 heterocycles. The fraction of sp³-hybridized carbons (Fsp3) is 0.0769. The summed E-state index contributed by atoms with van der Waals surface area (Å²) >= 11 is 0. The summed E-state index contributed by atoms with van der Waals surface area (Å²) in [5.74, 6) is 0. The Bertz CT molecular complexity index is 475. The van der Waals surface area contributed by atoms with E-state index in [1.807, 2.05) is 42.5 Å². The maximum Gasteiger partial charge on any atom is 0.0702 e. The molecule has 0 amide bonds. The molecule has 0 saturated carbocycles. The molecule has 0 aliphatic rings. The minimum atomic E-state index is 0.577. The number of hydrogen-bond acceptors (Lipinski definition) is 2. The molecule has 0 aliphatic carbocycles. The van der Waals surface area contributed by atoms with Crippen molar-refractivity contribution < 1.29 is 0 Å². The van der Waals surface area contributed by atoms with Crippen molar-refractivity contribution in [3.63, 3.8) is 0 Å². The van der Waals surface area contributed by atoms with Crippen LogP contribution in [0, 0.1) is 5.41 Å². The average Bonchev–Trinajstić information content (AvgIpc) is 2.30. The number of nitrogens with one attached hydrogen (secondary N) is 1. The van der Waals surface area contributed by atoms with Crippen molar-refractivity contribution in [1.82, 2.24) is 4.98 Å². The molecule has 0 spiro atoms. The Kier molecular flexibility index (Phi) is 2.59. The van der Waals surface area contributed by atoms with Crippen LogP contribution in [0.1, 0.15) is 12.5 Å². The molecule has 0 aliphatic heterocycles. The van der Waals surface area contributed by atoms with Gasteiger partial charge in [-0.3, -0.25) is 4.98 Å². The summed E-state index contributed by atoms with van der Waals surface area (Å²) in [5.41, 5.74) is 3.52. The molecule has 1 aromatic carbocycles. The van der Waals surface area contributed by atoms with Gasteiger partial charge in [0.15, 0.2) is 0 Å². The second kappa shape index (κ2) is 4.05. The van der Waals surface area contributed by atoms with E-state index in [0.29, 0.717) is 5.71 Å². The van der Waals surface area contributed by atoms with E-state index in [1.165, 1.54) is 0 Å². The molecule has 74 valence electrons. The molecule has 0 unspecified atom stereocenters. The third-order valence-electron chi connectivity index (χ3n) is 2.26. The molecule has 1 aromatic heterocycles. The molecule has 0 bridgehead atoms. The van der Waals surface area contributed by atoms with Crippen LogP contribution in [0.3, 0.4) is 0 Å². The Morgan fingerprint density at radius 2 is 2.00 bits per heavy atom. The first-order chi connectivity index (χ1) is 7.27. The molecule has 2 nitrogen and oxygen atoms in total. The van der Waals surface area contributed by atoms with Gasteiger partial charge in [0, 0.05) is 17.5 Å². The quantitative estimate of drug-likeness (QED) is 0.736. The molecule has 2 heteroatoms. The number of aromatic nitrogens is 1. The zero-order valence-electron chi connectivity index (χ0n) is 8.57. The number of pyridine rings is 1. The fourth-order valence-corrected chi connectivity index (χ4v) is 1.45. The topological polar surface area (TPSA) is 36.7 Å². The Balaban J connectivity index is 2.46. The fourth-order valence-electron chi connectivity index (χ4n) is 1.45. The van der Waals surface area contributed by atoms with Crippen LogP contribution >= 0.6 is 0 Å². The van der Waals surface area contributed by atoms with Gasteiger partial charge in [-0.2, -0.15) is 0 Å². The number of hydrogen-bond donors (Lipinski definition) is 1. The van der Waals surface area contributed by atoms with E-state index in [-0.39, 0.29) is 0 Å². The van der Waals surface area contributed by atoms with Gasteiger partial charge in [-0.15, -0.1) is 0 Å². The highest BCUT2D eigenvalue weighted by Crippen LogP contribution is 2.17. The zero-order valence-corrected chi connectivity index (χ0v) is 8.57. The minimum Gasteiger partial charge on any atom is -0.305 e. The summed E-state index contributed by atoms with van der Waals surface area (Å²) in [4.78, 5) is 4.28. The van der Waals surface area contributed by atoms with Gasteiger partial charge in [0.25, 0.3) is 0 Å². The molecule has 0 saturated heterocycles. The second-order valence-corrected chi connectivity index (χ2v) is 3.42. The SMILES string of the molecule is CC(=N)c1cccc(-c2ccccn2)c1. The molecule has 0 fully saturated rings. The van der Waals surface area contributed by atoms with E-state index in [4.69, 9.17) is 5.41 Å². The van der Waals surface area contributed by atoms with Crippen LogP contribution in [0.25, 0.3) is 11.3 Å². The molecule has 0 radical (unpaired) electrons. The first-order valence-corrected chi connectivity index (χ1v) is 4.84. The molecule has 0 atom stereocenters. The van der Waals surface area contributed by atoms with E-state index in [9.17, 15) is 0 Å². The highest BCUT2D eigenvalue weighted by molar-refractivity contribution is 5.97. The molecular formula is C13H12N2. The minimum absolute atomic E-state index is 0.577. The van der Waals surface area contributed by atoms with Gasteiger partial charge in [-0.05, 0) is 30.7 Å². The highest BCUT2D eigenvalue weighted by Gasteiger charge is 2.00. The van der Waals surface area contributed by atoms with Crippen LogP contribution in [0.5, 0.6) is 0 Å². The summed E-state index contributed by atoms with van der Waals surface area (Å²) in [6.45, 7) is 1.79. The van der Waals surface area contributed by atoms with Crippen LogP contribution in [0.4, 0.5) is 0 Å². The van der Waals surface area contributed by atoms with E-state index < -0.39 is 0 Å². The lowest BCUT2D eigenvalue weighted by Gasteiger charge is -2.03. The van der Waals surface area contributed by atoms with Gasteiger partial charge in [0.05, 0.1) is 5.69 Å². The third kappa shape index (κ3) is 2.10. The Morgan fingerprint density at radius 3 is 2.67 bits per heavy atom. The number of benzene rings is 1. The van der Waals surface area contributed by atoms with E-state index in [2.05, 4.69) is 4.98 Å². The largest absolute Gasteiger partial charge is 0.305 e. The highest BCUT2D eigenvalue weighted by atomic mass is 14.7. The van der Waals surface area contributed by atoms with Gasteiger partial charge in [-0.25, -0.2) is 0 Å². The van der Waals surface area contributed by atoms with E-state index in [0.717, 1.165) is 16.8 Å². The normalized spacial score (nSPS) is 9.93. The van der Waals surface area contributed by atoms with Crippen LogP contribution < -0.4 is 0 Å². The summed E-state index contributed by atoms with van der Waals surface area (Å²) in [6, 6.07) is 13.7. The predicted octanol–water partition coefficient (Wildman–Crippen LogP) is 3.14. The standard InChI is InChI=1S/C13H12N2/c1-10(14)11-5-4-6-12(9-11)13-7-2-3-8-15-13/h2-9,14H,1H3. The first kappa shape index (κ1) is 9.59. The second-order valence-electron chi connectivity index (χ2n) is 3.42. The smallest absolute Gasteiger partial charge is 0.0702 e. The lowest BCUT2D eigenvalue weighted by molar-refractivity contribution is 1.32. The molecule has 1 N–H and O–H groups in total. The predicted molar refractivity (Wildman–Crippen MR) is 62.2 cm³/mol. The zero-order chi connectivity index (χ0) is 10.7. The van der Waals surface area contributed by atoms with Crippen molar-refractivity contribution in [1.29, 1.82) is 5.41 Å². The van der Waals surface area contributed by atoms with E-state index >= 15 is 0 Å². The summed E-state index contributed by atoms with van der Waals surface area (Å²) in [7, 11) is 0. The van der Waals surface area contributed by atoms with E-state index in [1.54, 1.807) is 13.1 Å². The van der Waals surface area contributed by atoms with Crippen LogP contribution in [0.2, 0.25) is 0 Å². The Morgan fingerprint density at radius 1 is 1.13 bits per heavy atom. The Labute approximate surface area is 89.1 Å². The van der Waals surface area contributed by atoms with Gasteiger partial charge >= 0.3 is 0 Å². The van der Waals surface area contributed by atoms with Crippen molar-refractivity contribution in [2.75, 3.05) is 0 Å².